The molecule has 1 N–H and O–H groups in total. The molecule has 4 nitrogen and oxygen atoms in total. The average Bonchev–Trinajstić information content (AvgIpc) is 1.89. The predicted molar refractivity (Wildman–Crippen MR) is 34.4 cm³/mol. The first-order valence-corrected chi connectivity index (χ1v) is 2.81. The van der Waals surface area contributed by atoms with Crippen molar-refractivity contribution in [1.29, 1.82) is 0 Å². The van der Waals surface area contributed by atoms with Crippen LogP contribution in [0.2, 0.25) is 0 Å². The average molecular weight is 146 g/mol. The summed E-state index contributed by atoms with van der Waals surface area (Å²) in [6, 6.07) is 0. The van der Waals surface area contributed by atoms with Crippen molar-refractivity contribution in [3.63, 3.8) is 0 Å². The highest BCUT2D eigenvalue weighted by molar-refractivity contribution is 5.83. The Morgan fingerprint density at radius 2 is 2.30 bits per heavy atom. The van der Waals surface area contributed by atoms with Crippen molar-refractivity contribution in [3.05, 3.63) is 12.0 Å². The number of methoxy groups -OCH3 is 1. The molecule has 0 fully saturated rings. The van der Waals surface area contributed by atoms with Crippen molar-refractivity contribution < 1.29 is 19.4 Å². The third-order valence-electron chi connectivity index (χ3n) is 0.788. The second kappa shape index (κ2) is 4.67. The molecule has 0 aliphatic heterocycles. The van der Waals surface area contributed by atoms with Crippen molar-refractivity contribution in [3.8, 4) is 0 Å². The fraction of sp³-hybridized carbons (Fsp3) is 0.500. The van der Waals surface area contributed by atoms with Gasteiger partial charge in [-0.2, -0.15) is 0 Å². The van der Waals surface area contributed by atoms with E-state index in [1.807, 2.05) is 0 Å². The summed E-state index contributed by atoms with van der Waals surface area (Å²) < 4.78 is 9.13. The number of carbonyl (C=O) groups is 1. The monoisotopic (exact) mass is 146 g/mol. The molecular formula is C6H10O4. The van der Waals surface area contributed by atoms with Crippen molar-refractivity contribution in [2.24, 2.45) is 0 Å². The molecule has 0 aliphatic rings. The number of hydrogen-bond acceptors (Lipinski definition) is 3. The summed E-state index contributed by atoms with van der Waals surface area (Å²) in [4.78, 5) is 10.2. The Hall–Kier alpha value is -1.19. The minimum atomic E-state index is -1.13. The Kier molecular flexibility index (Phi) is 4.11. The van der Waals surface area contributed by atoms with Gasteiger partial charge >= 0.3 is 5.97 Å². The largest absolute Gasteiger partial charge is 0.497 e. The van der Waals surface area contributed by atoms with E-state index in [1.54, 1.807) is 6.92 Å². The van der Waals surface area contributed by atoms with Gasteiger partial charge in [0, 0.05) is 0 Å². The van der Waals surface area contributed by atoms with Crippen LogP contribution >= 0.6 is 0 Å². The van der Waals surface area contributed by atoms with Crippen molar-refractivity contribution in [2.45, 2.75) is 6.92 Å². The molecule has 0 aliphatic carbocycles. The lowest BCUT2D eigenvalue weighted by atomic mass is 10.5. The minimum Gasteiger partial charge on any atom is -0.497 e. The molecular weight excluding hydrogens is 136 g/mol. The molecule has 0 aromatic heterocycles. The first kappa shape index (κ1) is 8.81. The smallest absolute Gasteiger partial charge is 0.374 e. The number of rotatable bonds is 4. The van der Waals surface area contributed by atoms with Crippen LogP contribution in [-0.2, 0) is 14.3 Å². The van der Waals surface area contributed by atoms with E-state index in [9.17, 15) is 4.79 Å². The van der Waals surface area contributed by atoms with Crippen LogP contribution in [-0.4, -0.2) is 24.8 Å². The van der Waals surface area contributed by atoms with Gasteiger partial charge in [-0.25, -0.2) is 4.79 Å². The third-order valence-corrected chi connectivity index (χ3v) is 0.788. The Labute approximate surface area is 59.1 Å². The quantitative estimate of drug-likeness (QED) is 0.466. The molecule has 0 atom stereocenters. The van der Waals surface area contributed by atoms with Crippen LogP contribution in [0.1, 0.15) is 6.92 Å². The molecule has 0 bridgehead atoms. The number of ether oxygens (including phenoxy) is 2. The molecule has 0 spiro atoms. The summed E-state index contributed by atoms with van der Waals surface area (Å²) in [6.07, 6.45) is 1.07. The van der Waals surface area contributed by atoms with Gasteiger partial charge in [-0.05, 0) is 6.92 Å². The molecule has 0 aromatic rings. The van der Waals surface area contributed by atoms with Crippen LogP contribution in [0, 0.1) is 0 Å². The second-order valence-corrected chi connectivity index (χ2v) is 1.45. The van der Waals surface area contributed by atoms with Crippen molar-refractivity contribution in [1.82, 2.24) is 0 Å². The summed E-state index contributed by atoms with van der Waals surface area (Å²) in [7, 11) is 1.28. The number of aliphatic carboxylic acids is 1. The van der Waals surface area contributed by atoms with E-state index in [0.717, 1.165) is 6.26 Å². The van der Waals surface area contributed by atoms with E-state index in [4.69, 9.17) is 5.11 Å². The predicted octanol–water partition coefficient (Wildman–Crippen LogP) is 0.595. The molecule has 4 heteroatoms. The maximum Gasteiger partial charge on any atom is 0.374 e. The number of carboxylic acid groups (broad SMARTS) is 1. The highest BCUT2D eigenvalue weighted by Gasteiger charge is 2.05. The SMILES string of the molecule is CCO/C=C(/OC)C(=O)O. The fourth-order valence-corrected chi connectivity index (χ4v) is 0.345. The third kappa shape index (κ3) is 2.96. The first-order chi connectivity index (χ1) is 4.72. The lowest BCUT2D eigenvalue weighted by molar-refractivity contribution is -0.136. The number of hydrogen-bond donors (Lipinski definition) is 1. The van der Waals surface area contributed by atoms with E-state index < -0.39 is 5.97 Å². The summed E-state index contributed by atoms with van der Waals surface area (Å²) in [5.74, 6) is -1.32. The lowest BCUT2D eigenvalue weighted by Crippen LogP contribution is -2.02. The first-order valence-electron chi connectivity index (χ1n) is 2.81. The second-order valence-electron chi connectivity index (χ2n) is 1.45. The van der Waals surface area contributed by atoms with Crippen LogP contribution in [0.4, 0.5) is 0 Å². The van der Waals surface area contributed by atoms with Crippen LogP contribution < -0.4 is 0 Å². The topological polar surface area (TPSA) is 55.8 Å². The number of carboxylic acids is 1. The maximum absolute atomic E-state index is 10.2. The molecule has 0 radical (unpaired) electrons. The minimum absolute atomic E-state index is 0.193. The highest BCUT2D eigenvalue weighted by atomic mass is 16.5. The molecule has 0 aromatic carbocycles. The molecule has 10 heavy (non-hydrogen) atoms. The standard InChI is InChI=1S/C6H10O4/c1-3-10-4-5(9-2)6(7)8/h4H,3H2,1-2H3,(H,7,8)/b5-4+. The van der Waals surface area contributed by atoms with Gasteiger partial charge in [-0.15, -0.1) is 0 Å². The van der Waals surface area contributed by atoms with Crippen molar-refractivity contribution in [2.75, 3.05) is 13.7 Å². The molecule has 0 saturated carbocycles. The molecule has 0 heterocycles. The van der Waals surface area contributed by atoms with E-state index in [-0.39, 0.29) is 5.76 Å². The van der Waals surface area contributed by atoms with Gasteiger partial charge in [0.05, 0.1) is 13.7 Å². The zero-order valence-corrected chi connectivity index (χ0v) is 5.96. The summed E-state index contributed by atoms with van der Waals surface area (Å²) in [6.45, 7) is 2.19. The normalized spacial score (nSPS) is 10.8. The zero-order chi connectivity index (χ0) is 7.98. The van der Waals surface area contributed by atoms with Crippen LogP contribution in [0.25, 0.3) is 0 Å². The van der Waals surface area contributed by atoms with Gasteiger partial charge in [-0.1, -0.05) is 0 Å². The van der Waals surface area contributed by atoms with Gasteiger partial charge in [0.15, 0.2) is 0 Å². The van der Waals surface area contributed by atoms with E-state index >= 15 is 0 Å². The fourth-order valence-electron chi connectivity index (χ4n) is 0.345. The molecule has 0 amide bonds. The lowest BCUT2D eigenvalue weighted by Gasteiger charge is -1.99. The molecule has 0 saturated heterocycles. The van der Waals surface area contributed by atoms with Crippen molar-refractivity contribution >= 4 is 5.97 Å². The van der Waals surface area contributed by atoms with Crippen LogP contribution in [0.15, 0.2) is 12.0 Å². The van der Waals surface area contributed by atoms with Gasteiger partial charge in [-0.3, -0.25) is 0 Å². The molecule has 0 rings (SSSR count). The van der Waals surface area contributed by atoms with E-state index in [0.29, 0.717) is 6.61 Å². The maximum atomic E-state index is 10.2. The van der Waals surface area contributed by atoms with Crippen LogP contribution in [0.5, 0.6) is 0 Å². The Bertz CT molecular complexity index is 139. The Balaban J connectivity index is 3.91. The Morgan fingerprint density at radius 1 is 1.70 bits per heavy atom. The molecule has 0 unspecified atom stereocenters. The van der Waals surface area contributed by atoms with E-state index in [1.165, 1.54) is 7.11 Å². The molecule has 58 valence electrons. The summed E-state index contributed by atoms with van der Waals surface area (Å²) in [5, 5.41) is 8.33. The Morgan fingerprint density at radius 3 is 2.60 bits per heavy atom. The van der Waals surface area contributed by atoms with Crippen LogP contribution in [0.3, 0.4) is 0 Å². The van der Waals surface area contributed by atoms with Gasteiger partial charge in [0.25, 0.3) is 0 Å². The van der Waals surface area contributed by atoms with Gasteiger partial charge in [0.2, 0.25) is 5.76 Å². The summed E-state index contributed by atoms with van der Waals surface area (Å²) in [5.41, 5.74) is 0. The zero-order valence-electron chi connectivity index (χ0n) is 5.96. The highest BCUT2D eigenvalue weighted by Crippen LogP contribution is 1.94. The summed E-state index contributed by atoms with van der Waals surface area (Å²) >= 11 is 0. The van der Waals surface area contributed by atoms with E-state index in [2.05, 4.69) is 9.47 Å². The van der Waals surface area contributed by atoms with Gasteiger partial charge in [0.1, 0.15) is 6.26 Å². The van der Waals surface area contributed by atoms with Gasteiger partial charge < -0.3 is 14.6 Å².